The number of aliphatic hydroxyl groups excluding tert-OH is 1. The van der Waals surface area contributed by atoms with Crippen molar-refractivity contribution < 1.29 is 14.6 Å². The summed E-state index contributed by atoms with van der Waals surface area (Å²) < 4.78 is 6.99. The highest BCUT2D eigenvalue weighted by atomic mass is 16.5. The molecule has 8 nitrogen and oxygen atoms in total. The van der Waals surface area contributed by atoms with E-state index >= 15 is 0 Å². The predicted molar refractivity (Wildman–Crippen MR) is 109 cm³/mol. The van der Waals surface area contributed by atoms with E-state index in [2.05, 4.69) is 22.2 Å². The van der Waals surface area contributed by atoms with Gasteiger partial charge in [0.2, 0.25) is 5.95 Å². The fourth-order valence-corrected chi connectivity index (χ4v) is 4.69. The minimum Gasteiger partial charge on any atom is -0.389 e. The van der Waals surface area contributed by atoms with Crippen LogP contribution in [0.5, 0.6) is 0 Å². The number of rotatable bonds is 4. The fraction of sp³-hybridized carbons (Fsp3) is 0.619. The number of Topliss-reactive ketones (excluding diaryl/α,β-unsaturated/α-hetero) is 1. The standard InChI is InChI=1S/C21H28N4O4/c1-11-5-4-6-16(11)25-19-14(12(2)18(13(3)26)20(25)28)9-22-21(24-19)23-15-7-8-29-10-17(15)27/h9,11,15-17,27H,4-8,10H2,1-3H3,(H,22,23,24)/t11-,15+,16+,17+/m0/s1. The summed E-state index contributed by atoms with van der Waals surface area (Å²) in [5.74, 6) is 0.473. The van der Waals surface area contributed by atoms with Gasteiger partial charge in [0.1, 0.15) is 5.65 Å². The lowest BCUT2D eigenvalue weighted by Crippen LogP contribution is -2.42. The molecule has 156 valence electrons. The molecular formula is C21H28N4O4. The quantitative estimate of drug-likeness (QED) is 0.758. The Morgan fingerprint density at radius 3 is 2.79 bits per heavy atom. The number of nitrogens with one attached hydrogen (secondary N) is 1. The van der Waals surface area contributed by atoms with Gasteiger partial charge in [0.25, 0.3) is 5.56 Å². The molecule has 2 aromatic heterocycles. The Balaban J connectivity index is 1.86. The number of aliphatic hydroxyl groups is 1. The lowest BCUT2D eigenvalue weighted by molar-refractivity contribution is -0.0136. The van der Waals surface area contributed by atoms with Gasteiger partial charge in [-0.1, -0.05) is 13.3 Å². The predicted octanol–water partition coefficient (Wildman–Crippen LogP) is 2.23. The van der Waals surface area contributed by atoms with Gasteiger partial charge in [-0.15, -0.1) is 0 Å². The van der Waals surface area contributed by atoms with E-state index in [1.807, 2.05) is 0 Å². The molecule has 2 aromatic rings. The molecule has 8 heteroatoms. The molecular weight excluding hydrogens is 372 g/mol. The summed E-state index contributed by atoms with van der Waals surface area (Å²) in [7, 11) is 0. The molecule has 0 aromatic carbocycles. The Morgan fingerprint density at radius 1 is 1.34 bits per heavy atom. The Kier molecular flexibility index (Phi) is 5.40. The smallest absolute Gasteiger partial charge is 0.263 e. The summed E-state index contributed by atoms with van der Waals surface area (Å²) in [4.78, 5) is 34.7. The number of aryl methyl sites for hydroxylation is 1. The minimum atomic E-state index is -0.637. The molecule has 1 saturated heterocycles. The number of hydrogen-bond acceptors (Lipinski definition) is 7. The number of aromatic nitrogens is 3. The number of carbonyl (C=O) groups is 1. The highest BCUT2D eigenvalue weighted by Crippen LogP contribution is 2.36. The average Bonchev–Trinajstić information content (AvgIpc) is 3.09. The van der Waals surface area contributed by atoms with Crippen molar-refractivity contribution in [3.63, 3.8) is 0 Å². The number of fused-ring (bicyclic) bond motifs is 1. The van der Waals surface area contributed by atoms with Crippen LogP contribution in [-0.4, -0.2) is 50.8 Å². The largest absolute Gasteiger partial charge is 0.389 e. The third kappa shape index (κ3) is 3.55. The van der Waals surface area contributed by atoms with Crippen molar-refractivity contribution in [2.75, 3.05) is 18.5 Å². The van der Waals surface area contributed by atoms with E-state index in [4.69, 9.17) is 4.74 Å². The minimum absolute atomic E-state index is 0.0140. The molecule has 1 saturated carbocycles. The molecule has 4 atom stereocenters. The van der Waals surface area contributed by atoms with E-state index < -0.39 is 6.10 Å². The van der Waals surface area contributed by atoms with Gasteiger partial charge in [0.15, 0.2) is 5.78 Å². The summed E-state index contributed by atoms with van der Waals surface area (Å²) >= 11 is 0. The normalized spacial score (nSPS) is 27.3. The number of pyridine rings is 1. The maximum atomic E-state index is 13.3. The Morgan fingerprint density at radius 2 is 2.14 bits per heavy atom. The number of anilines is 1. The lowest BCUT2D eigenvalue weighted by atomic mass is 10.0. The van der Waals surface area contributed by atoms with Gasteiger partial charge in [-0.2, -0.15) is 4.98 Å². The number of hydrogen-bond donors (Lipinski definition) is 2. The van der Waals surface area contributed by atoms with Gasteiger partial charge < -0.3 is 15.2 Å². The lowest BCUT2D eigenvalue weighted by Gasteiger charge is -2.28. The van der Waals surface area contributed by atoms with Crippen LogP contribution in [-0.2, 0) is 4.74 Å². The third-order valence-corrected chi connectivity index (χ3v) is 6.35. The number of ether oxygens (including phenoxy) is 1. The zero-order valence-corrected chi connectivity index (χ0v) is 17.1. The first-order valence-corrected chi connectivity index (χ1v) is 10.3. The molecule has 0 unspecified atom stereocenters. The van der Waals surface area contributed by atoms with Crippen LogP contribution >= 0.6 is 0 Å². The first-order valence-electron chi connectivity index (χ1n) is 10.3. The van der Waals surface area contributed by atoms with Crippen LogP contribution in [0.2, 0.25) is 0 Å². The summed E-state index contributed by atoms with van der Waals surface area (Å²) in [6, 6.07) is -0.190. The molecule has 2 fully saturated rings. The fourth-order valence-electron chi connectivity index (χ4n) is 4.69. The van der Waals surface area contributed by atoms with Gasteiger partial charge in [-0.25, -0.2) is 4.98 Å². The zero-order chi connectivity index (χ0) is 20.7. The average molecular weight is 400 g/mol. The van der Waals surface area contributed by atoms with E-state index in [0.717, 1.165) is 19.3 Å². The van der Waals surface area contributed by atoms with Crippen LogP contribution < -0.4 is 10.9 Å². The number of nitrogens with zero attached hydrogens (tertiary/aromatic N) is 3. The summed E-state index contributed by atoms with van der Waals surface area (Å²) in [6.07, 6.45) is 4.68. The van der Waals surface area contributed by atoms with Crippen LogP contribution in [0.1, 0.15) is 61.5 Å². The van der Waals surface area contributed by atoms with E-state index in [1.165, 1.54) is 6.92 Å². The molecule has 1 aliphatic heterocycles. The first-order chi connectivity index (χ1) is 13.9. The van der Waals surface area contributed by atoms with E-state index in [1.54, 1.807) is 17.7 Å². The van der Waals surface area contributed by atoms with Crippen molar-refractivity contribution in [3.05, 3.63) is 27.7 Å². The summed E-state index contributed by atoms with van der Waals surface area (Å²) in [5.41, 5.74) is 1.13. The third-order valence-electron chi connectivity index (χ3n) is 6.35. The van der Waals surface area contributed by atoms with Crippen LogP contribution in [0.15, 0.2) is 11.0 Å². The maximum Gasteiger partial charge on any atom is 0.263 e. The highest BCUT2D eigenvalue weighted by molar-refractivity contribution is 5.99. The van der Waals surface area contributed by atoms with Crippen molar-refractivity contribution in [1.82, 2.24) is 14.5 Å². The molecule has 0 amide bonds. The molecule has 0 spiro atoms. The monoisotopic (exact) mass is 400 g/mol. The van der Waals surface area contributed by atoms with E-state index in [0.29, 0.717) is 41.5 Å². The second kappa shape index (κ2) is 7.84. The Hall–Kier alpha value is -2.32. The molecule has 1 aliphatic carbocycles. The topological polar surface area (TPSA) is 106 Å². The van der Waals surface area contributed by atoms with Crippen molar-refractivity contribution in [1.29, 1.82) is 0 Å². The second-order valence-corrected chi connectivity index (χ2v) is 8.32. The molecule has 2 aliphatic rings. The van der Waals surface area contributed by atoms with Crippen molar-refractivity contribution in [3.8, 4) is 0 Å². The highest BCUT2D eigenvalue weighted by Gasteiger charge is 2.31. The van der Waals surface area contributed by atoms with Crippen molar-refractivity contribution >= 4 is 22.8 Å². The zero-order valence-electron chi connectivity index (χ0n) is 17.1. The second-order valence-electron chi connectivity index (χ2n) is 8.32. The van der Waals surface area contributed by atoms with Crippen molar-refractivity contribution in [2.45, 2.75) is 64.6 Å². The molecule has 29 heavy (non-hydrogen) atoms. The summed E-state index contributed by atoms with van der Waals surface area (Å²) in [6.45, 7) is 6.19. The molecule has 0 radical (unpaired) electrons. The van der Waals surface area contributed by atoms with Crippen LogP contribution in [0, 0.1) is 12.8 Å². The number of ketones is 1. The van der Waals surface area contributed by atoms with Crippen molar-refractivity contribution in [2.24, 2.45) is 5.92 Å². The van der Waals surface area contributed by atoms with Gasteiger partial charge >= 0.3 is 0 Å². The maximum absolute atomic E-state index is 13.3. The van der Waals surface area contributed by atoms with Crippen LogP contribution in [0.3, 0.4) is 0 Å². The Bertz CT molecular complexity index is 1000. The number of carbonyl (C=O) groups excluding carboxylic acids is 1. The van der Waals surface area contributed by atoms with Crippen LogP contribution in [0.25, 0.3) is 11.0 Å². The molecule has 4 rings (SSSR count). The summed E-state index contributed by atoms with van der Waals surface area (Å²) in [5, 5.41) is 14.1. The first kappa shape index (κ1) is 20.0. The van der Waals surface area contributed by atoms with Gasteiger partial charge in [-0.05, 0) is 44.6 Å². The molecule has 0 bridgehead atoms. The van der Waals surface area contributed by atoms with Gasteiger partial charge in [0, 0.05) is 24.2 Å². The van der Waals surface area contributed by atoms with E-state index in [-0.39, 0.29) is 35.6 Å². The van der Waals surface area contributed by atoms with Crippen LogP contribution in [0.4, 0.5) is 5.95 Å². The molecule has 3 heterocycles. The van der Waals surface area contributed by atoms with E-state index in [9.17, 15) is 14.7 Å². The SMILES string of the molecule is CC(=O)c1c(C)c2cnc(N[C@@H]3CCOC[C@H]3O)nc2n([C@@H]2CCC[C@@H]2C)c1=O. The Labute approximate surface area is 169 Å². The molecule has 2 N–H and O–H groups in total. The van der Waals surface area contributed by atoms with Gasteiger partial charge in [0.05, 0.1) is 24.3 Å². The van der Waals surface area contributed by atoms with Gasteiger partial charge in [-0.3, -0.25) is 14.2 Å².